The van der Waals surface area contributed by atoms with Gasteiger partial charge in [-0.1, -0.05) is 36.0 Å². The Hall–Kier alpha value is -3.66. The number of thioether (sulfide) groups is 1. The number of rotatable bonds is 8. The average molecular weight is 412 g/mol. The number of benzene rings is 2. The van der Waals surface area contributed by atoms with Crippen LogP contribution >= 0.6 is 11.8 Å². The summed E-state index contributed by atoms with van der Waals surface area (Å²) < 4.78 is 5.58. The molecule has 0 radical (unpaired) electrons. The standard InChI is InChI=1S/C19H16N4O5S/c24-17-10-14(11-28-16-7-2-1-3-8-16)21-19(22-17)29-12-18(25)20-13-5-4-6-15(9-13)23(26)27/h1-10H,11-12H2,(H,20,25)(H,21,22,24). The molecule has 0 atom stereocenters. The lowest BCUT2D eigenvalue weighted by atomic mass is 10.3. The van der Waals surface area contributed by atoms with Gasteiger partial charge in [0.05, 0.1) is 16.4 Å². The number of carbonyl (C=O) groups excluding carboxylic acids is 1. The van der Waals surface area contributed by atoms with Gasteiger partial charge in [-0.25, -0.2) is 4.98 Å². The number of carbonyl (C=O) groups is 1. The third-order valence-corrected chi connectivity index (χ3v) is 4.46. The molecule has 2 aromatic carbocycles. The summed E-state index contributed by atoms with van der Waals surface area (Å²) in [4.78, 5) is 41.0. The van der Waals surface area contributed by atoms with Gasteiger partial charge >= 0.3 is 0 Å². The molecule has 0 spiro atoms. The third kappa shape index (κ3) is 6.18. The number of ether oxygens (including phenoxy) is 1. The Bertz CT molecular complexity index is 1070. The number of hydrogen-bond acceptors (Lipinski definition) is 7. The maximum Gasteiger partial charge on any atom is 0.271 e. The monoisotopic (exact) mass is 412 g/mol. The number of non-ortho nitro benzene ring substituents is 1. The lowest BCUT2D eigenvalue weighted by Crippen LogP contribution is -2.16. The van der Waals surface area contributed by atoms with Gasteiger partial charge in [0, 0.05) is 23.9 Å². The summed E-state index contributed by atoms with van der Waals surface area (Å²) in [6.07, 6.45) is 0. The van der Waals surface area contributed by atoms with Crippen LogP contribution in [0, 0.1) is 10.1 Å². The molecule has 0 saturated carbocycles. The molecule has 10 heteroatoms. The van der Waals surface area contributed by atoms with Gasteiger partial charge in [0.1, 0.15) is 12.4 Å². The molecule has 2 N–H and O–H groups in total. The highest BCUT2D eigenvalue weighted by atomic mass is 32.2. The largest absolute Gasteiger partial charge is 0.487 e. The summed E-state index contributed by atoms with van der Waals surface area (Å²) in [6, 6.07) is 16.1. The van der Waals surface area contributed by atoms with Gasteiger partial charge in [-0.15, -0.1) is 0 Å². The Morgan fingerprint density at radius 2 is 1.97 bits per heavy atom. The molecule has 3 aromatic rings. The van der Waals surface area contributed by atoms with Crippen molar-refractivity contribution >= 4 is 29.0 Å². The maximum atomic E-state index is 12.1. The van der Waals surface area contributed by atoms with Crippen molar-refractivity contribution in [2.75, 3.05) is 11.1 Å². The van der Waals surface area contributed by atoms with Crippen molar-refractivity contribution in [2.45, 2.75) is 11.8 Å². The summed E-state index contributed by atoms with van der Waals surface area (Å²) in [5.74, 6) is 0.235. The molecule has 9 nitrogen and oxygen atoms in total. The molecule has 0 fully saturated rings. The van der Waals surface area contributed by atoms with Crippen LogP contribution in [0.5, 0.6) is 5.75 Å². The molecule has 148 valence electrons. The molecule has 1 aromatic heterocycles. The zero-order chi connectivity index (χ0) is 20.6. The van der Waals surface area contributed by atoms with E-state index in [4.69, 9.17) is 4.74 Å². The first-order valence-corrected chi connectivity index (χ1v) is 9.43. The quantitative estimate of drug-likeness (QED) is 0.252. The minimum Gasteiger partial charge on any atom is -0.487 e. The second-order valence-corrected chi connectivity index (χ2v) is 6.75. The Balaban J connectivity index is 1.58. The predicted octanol–water partition coefficient (Wildman–Crippen LogP) is 2.99. The van der Waals surface area contributed by atoms with E-state index in [-0.39, 0.29) is 34.7 Å². The second-order valence-electron chi connectivity index (χ2n) is 5.79. The predicted molar refractivity (Wildman–Crippen MR) is 108 cm³/mol. The van der Waals surface area contributed by atoms with E-state index >= 15 is 0 Å². The fraction of sp³-hybridized carbons (Fsp3) is 0.105. The third-order valence-electron chi connectivity index (χ3n) is 3.58. The minimum atomic E-state index is -0.540. The molecule has 3 rings (SSSR count). The number of nitrogens with one attached hydrogen (secondary N) is 2. The second kappa shape index (κ2) is 9.51. The van der Waals surface area contributed by atoms with Crippen molar-refractivity contribution in [1.82, 2.24) is 9.97 Å². The highest BCUT2D eigenvalue weighted by Gasteiger charge is 2.10. The fourth-order valence-corrected chi connectivity index (χ4v) is 3.02. The molecule has 1 heterocycles. The molecule has 29 heavy (non-hydrogen) atoms. The first kappa shape index (κ1) is 20.1. The van der Waals surface area contributed by atoms with Gasteiger partial charge in [-0.3, -0.25) is 19.7 Å². The Labute approximate surface area is 169 Å². The molecule has 0 aliphatic heterocycles. The van der Waals surface area contributed by atoms with Crippen LogP contribution in [0.2, 0.25) is 0 Å². The van der Waals surface area contributed by atoms with Gasteiger partial charge in [0.25, 0.3) is 11.2 Å². The summed E-state index contributed by atoms with van der Waals surface area (Å²) in [7, 11) is 0. The van der Waals surface area contributed by atoms with Gasteiger partial charge in [-0.2, -0.15) is 0 Å². The molecule has 0 saturated heterocycles. The number of aromatic amines is 1. The van der Waals surface area contributed by atoms with Crippen molar-refractivity contribution in [3.63, 3.8) is 0 Å². The van der Waals surface area contributed by atoms with Crippen molar-refractivity contribution in [1.29, 1.82) is 0 Å². The highest BCUT2D eigenvalue weighted by Crippen LogP contribution is 2.18. The van der Waals surface area contributed by atoms with E-state index in [1.807, 2.05) is 18.2 Å². The van der Waals surface area contributed by atoms with E-state index in [2.05, 4.69) is 15.3 Å². The molecule has 0 unspecified atom stereocenters. The summed E-state index contributed by atoms with van der Waals surface area (Å²) in [5, 5.41) is 13.6. The zero-order valence-electron chi connectivity index (χ0n) is 15.0. The van der Waals surface area contributed by atoms with E-state index in [9.17, 15) is 19.7 Å². The Morgan fingerprint density at radius 1 is 1.17 bits per heavy atom. The van der Waals surface area contributed by atoms with Crippen LogP contribution in [0.25, 0.3) is 0 Å². The number of amides is 1. The smallest absolute Gasteiger partial charge is 0.271 e. The van der Waals surface area contributed by atoms with Crippen LogP contribution in [0.3, 0.4) is 0 Å². The first-order valence-electron chi connectivity index (χ1n) is 8.45. The average Bonchev–Trinajstić information content (AvgIpc) is 2.71. The topological polar surface area (TPSA) is 127 Å². The number of nitro benzene ring substituents is 1. The van der Waals surface area contributed by atoms with E-state index in [0.29, 0.717) is 17.1 Å². The Kier molecular flexibility index (Phi) is 6.59. The van der Waals surface area contributed by atoms with Crippen molar-refractivity contribution < 1.29 is 14.5 Å². The number of hydrogen-bond donors (Lipinski definition) is 2. The molecule has 0 bridgehead atoms. The molecule has 0 aliphatic carbocycles. The molecule has 1 amide bonds. The van der Waals surface area contributed by atoms with Gasteiger partial charge in [0.15, 0.2) is 5.16 Å². The SMILES string of the molecule is O=C(CSc1nc(COc2ccccc2)cc(=O)[nH]1)Nc1cccc([N+](=O)[O-])c1. The minimum absolute atomic E-state index is 0.0331. The van der Waals surface area contributed by atoms with Crippen LogP contribution < -0.4 is 15.6 Å². The van der Waals surface area contributed by atoms with E-state index in [1.165, 1.54) is 24.3 Å². The lowest BCUT2D eigenvalue weighted by Gasteiger charge is -2.07. The van der Waals surface area contributed by atoms with E-state index in [1.54, 1.807) is 18.2 Å². The van der Waals surface area contributed by atoms with Gasteiger partial charge in [-0.05, 0) is 18.2 Å². The number of anilines is 1. The van der Waals surface area contributed by atoms with Crippen LogP contribution in [0.15, 0.2) is 70.6 Å². The first-order chi connectivity index (χ1) is 14.0. The summed E-state index contributed by atoms with van der Waals surface area (Å²) >= 11 is 1.04. The van der Waals surface area contributed by atoms with Crippen LogP contribution in [-0.2, 0) is 11.4 Å². The van der Waals surface area contributed by atoms with Crippen LogP contribution in [0.1, 0.15) is 5.69 Å². The van der Waals surface area contributed by atoms with E-state index in [0.717, 1.165) is 11.8 Å². The number of H-pyrrole nitrogens is 1. The zero-order valence-corrected chi connectivity index (χ0v) is 15.8. The number of nitro groups is 1. The summed E-state index contributed by atoms with van der Waals surface area (Å²) in [5.41, 5.74) is 0.274. The number of aromatic nitrogens is 2. The number of nitrogens with zero attached hydrogens (tertiary/aromatic N) is 2. The molecule has 0 aliphatic rings. The van der Waals surface area contributed by atoms with Crippen molar-refractivity contribution in [3.05, 3.63) is 86.8 Å². The van der Waals surface area contributed by atoms with Crippen molar-refractivity contribution in [3.8, 4) is 5.75 Å². The number of para-hydroxylation sites is 1. The highest BCUT2D eigenvalue weighted by molar-refractivity contribution is 7.99. The normalized spacial score (nSPS) is 10.3. The molecular formula is C19H16N4O5S. The van der Waals surface area contributed by atoms with Crippen LogP contribution in [0.4, 0.5) is 11.4 Å². The van der Waals surface area contributed by atoms with Gasteiger partial charge in [0.2, 0.25) is 5.91 Å². The fourth-order valence-electron chi connectivity index (χ4n) is 2.33. The van der Waals surface area contributed by atoms with Crippen LogP contribution in [-0.4, -0.2) is 26.6 Å². The lowest BCUT2D eigenvalue weighted by molar-refractivity contribution is -0.384. The van der Waals surface area contributed by atoms with E-state index < -0.39 is 4.92 Å². The maximum absolute atomic E-state index is 12.1. The molecular weight excluding hydrogens is 396 g/mol. The Morgan fingerprint density at radius 3 is 2.72 bits per heavy atom. The summed E-state index contributed by atoms with van der Waals surface area (Å²) in [6.45, 7) is 0.112. The van der Waals surface area contributed by atoms with Crippen molar-refractivity contribution in [2.24, 2.45) is 0 Å². The van der Waals surface area contributed by atoms with Gasteiger partial charge < -0.3 is 15.0 Å².